The zero-order valence-electron chi connectivity index (χ0n) is 17.7. The summed E-state index contributed by atoms with van der Waals surface area (Å²) in [6, 6.07) is 11.8. The highest BCUT2D eigenvalue weighted by Gasteiger charge is 2.31. The van der Waals surface area contributed by atoms with E-state index in [-0.39, 0.29) is 17.3 Å². The summed E-state index contributed by atoms with van der Waals surface area (Å²) in [4.78, 5) is 41.9. The molecule has 2 aromatic rings. The van der Waals surface area contributed by atoms with Crippen LogP contribution in [0.2, 0.25) is 5.02 Å². The van der Waals surface area contributed by atoms with Crippen molar-refractivity contribution < 1.29 is 27.5 Å². The molecular weight excluding hydrogens is 472 g/mol. The number of aliphatic imine (C=N–C) groups is 1. The highest BCUT2D eigenvalue weighted by atomic mass is 35.5. The van der Waals surface area contributed by atoms with Gasteiger partial charge in [-0.25, -0.2) is 13.2 Å². The maximum atomic E-state index is 12.3. The number of esters is 1. The molecule has 0 aliphatic carbocycles. The molecule has 1 atom stereocenters. The largest absolute Gasteiger partial charge is 0.454 e. The van der Waals surface area contributed by atoms with Crippen LogP contribution in [0.15, 0.2) is 58.4 Å². The minimum Gasteiger partial charge on any atom is -0.454 e. The van der Waals surface area contributed by atoms with Crippen LogP contribution < -0.4 is 10.0 Å². The highest BCUT2D eigenvalue weighted by Crippen LogP contribution is 2.23. The first kappa shape index (κ1) is 24.2. The van der Waals surface area contributed by atoms with E-state index in [0.717, 1.165) is 4.90 Å². The fourth-order valence-electron chi connectivity index (χ4n) is 2.90. The van der Waals surface area contributed by atoms with Crippen LogP contribution in [0.5, 0.6) is 0 Å². The summed E-state index contributed by atoms with van der Waals surface area (Å²) in [5.74, 6) is -1.88. The van der Waals surface area contributed by atoms with E-state index in [9.17, 15) is 22.8 Å². The van der Waals surface area contributed by atoms with E-state index < -0.39 is 40.5 Å². The van der Waals surface area contributed by atoms with Gasteiger partial charge in [-0.05, 0) is 31.2 Å². The Hall–Kier alpha value is -3.44. The van der Waals surface area contributed by atoms with Crippen molar-refractivity contribution in [1.29, 1.82) is 0 Å². The van der Waals surface area contributed by atoms with Gasteiger partial charge in [0.2, 0.25) is 5.91 Å². The molecule has 0 radical (unpaired) electrons. The van der Waals surface area contributed by atoms with E-state index in [4.69, 9.17) is 16.3 Å². The van der Waals surface area contributed by atoms with Crippen LogP contribution in [-0.4, -0.2) is 63.2 Å². The number of likely N-dealkylation sites (N-methyl/N-ethyl adjacent to an activating group) is 1. The maximum Gasteiger partial charge on any atom is 0.331 e. The molecule has 2 N–H and O–H groups in total. The number of nitrogens with one attached hydrogen (secondary N) is 2. The third-order valence-corrected chi connectivity index (χ3v) is 6.35. The lowest BCUT2D eigenvalue weighted by molar-refractivity contribution is -0.152. The molecule has 2 aromatic carbocycles. The summed E-state index contributed by atoms with van der Waals surface area (Å²) in [7, 11) is -2.35. The van der Waals surface area contributed by atoms with Crippen LogP contribution >= 0.6 is 11.6 Å². The molecule has 0 aromatic heterocycles. The molecule has 1 unspecified atom stereocenters. The lowest BCUT2D eigenvalue weighted by Gasteiger charge is -2.17. The summed E-state index contributed by atoms with van der Waals surface area (Å²) in [5, 5.41) is 2.95. The predicted octanol–water partition coefficient (Wildman–Crippen LogP) is 1.41. The Morgan fingerprint density at radius 3 is 2.55 bits per heavy atom. The third-order valence-electron chi connectivity index (χ3n) is 4.62. The second-order valence-electron chi connectivity index (χ2n) is 7.14. The van der Waals surface area contributed by atoms with Gasteiger partial charge in [-0.1, -0.05) is 35.9 Å². The maximum absolute atomic E-state index is 12.3. The SMILES string of the molecule is CC(N=C1NS(=O)(=O)c2ccccc21)C(=O)OCC(=O)N(C)CC(=O)Nc1ccccc1Cl. The number of sulfonamides is 1. The van der Waals surface area contributed by atoms with Gasteiger partial charge in [0.05, 0.1) is 22.2 Å². The Balaban J connectivity index is 1.53. The molecule has 1 aliphatic heterocycles. The van der Waals surface area contributed by atoms with Crippen molar-refractivity contribution in [1.82, 2.24) is 9.62 Å². The summed E-state index contributed by atoms with van der Waals surface area (Å²) < 4.78 is 31.5. The Bertz CT molecular complexity index is 1230. The molecule has 0 saturated heterocycles. The van der Waals surface area contributed by atoms with Crippen LogP contribution in [0.3, 0.4) is 0 Å². The lowest BCUT2D eigenvalue weighted by Crippen LogP contribution is -2.38. The fourth-order valence-corrected chi connectivity index (χ4v) is 4.32. The number of benzene rings is 2. The quantitative estimate of drug-likeness (QED) is 0.561. The van der Waals surface area contributed by atoms with E-state index >= 15 is 0 Å². The average Bonchev–Trinajstić information content (AvgIpc) is 3.03. The number of halogens is 1. The van der Waals surface area contributed by atoms with Gasteiger partial charge >= 0.3 is 5.97 Å². The second kappa shape index (κ2) is 10.0. The number of carbonyl (C=O) groups is 3. The minimum atomic E-state index is -3.74. The van der Waals surface area contributed by atoms with Gasteiger partial charge in [0.15, 0.2) is 6.61 Å². The number of amidine groups is 1. The Morgan fingerprint density at radius 1 is 1.15 bits per heavy atom. The van der Waals surface area contributed by atoms with Crippen molar-refractivity contribution in [2.75, 3.05) is 25.5 Å². The van der Waals surface area contributed by atoms with Gasteiger partial charge in [0, 0.05) is 12.6 Å². The highest BCUT2D eigenvalue weighted by molar-refractivity contribution is 7.90. The second-order valence-corrected chi connectivity index (χ2v) is 9.20. The normalized spacial score (nSPS) is 15.8. The summed E-state index contributed by atoms with van der Waals surface area (Å²) in [5.41, 5.74) is 0.756. The molecule has 3 rings (SSSR count). The molecule has 2 amide bonds. The molecule has 0 fully saturated rings. The first-order valence-electron chi connectivity index (χ1n) is 9.73. The molecule has 174 valence electrons. The first-order valence-corrected chi connectivity index (χ1v) is 11.6. The molecule has 1 aliphatic rings. The van der Waals surface area contributed by atoms with Crippen molar-refractivity contribution in [2.24, 2.45) is 4.99 Å². The van der Waals surface area contributed by atoms with Crippen molar-refractivity contribution in [2.45, 2.75) is 17.9 Å². The number of hydrogen-bond acceptors (Lipinski definition) is 7. The van der Waals surface area contributed by atoms with E-state index in [1.54, 1.807) is 42.5 Å². The molecular formula is C21H21ClN4O6S. The van der Waals surface area contributed by atoms with Gasteiger partial charge in [-0.2, -0.15) is 0 Å². The Morgan fingerprint density at radius 2 is 1.82 bits per heavy atom. The fraction of sp³-hybridized carbons (Fsp3) is 0.238. The van der Waals surface area contributed by atoms with Gasteiger partial charge in [0.1, 0.15) is 11.9 Å². The van der Waals surface area contributed by atoms with Gasteiger partial charge in [-0.15, -0.1) is 0 Å². The van der Waals surface area contributed by atoms with Crippen LogP contribution in [0.25, 0.3) is 0 Å². The summed E-state index contributed by atoms with van der Waals surface area (Å²) in [6.07, 6.45) is 0. The van der Waals surface area contributed by atoms with Gasteiger partial charge < -0.3 is 15.0 Å². The zero-order chi connectivity index (χ0) is 24.2. The van der Waals surface area contributed by atoms with E-state index in [0.29, 0.717) is 16.3 Å². The first-order chi connectivity index (χ1) is 15.6. The van der Waals surface area contributed by atoms with Crippen LogP contribution in [0.4, 0.5) is 5.69 Å². The molecule has 10 nitrogen and oxygen atoms in total. The number of fused-ring (bicyclic) bond motifs is 1. The average molecular weight is 493 g/mol. The number of para-hydroxylation sites is 1. The number of hydrogen-bond donors (Lipinski definition) is 2. The van der Waals surface area contributed by atoms with E-state index in [2.05, 4.69) is 15.0 Å². The van der Waals surface area contributed by atoms with Crippen LogP contribution in [0, 0.1) is 0 Å². The molecule has 0 saturated carbocycles. The minimum absolute atomic E-state index is 0.0229. The number of rotatable bonds is 7. The Kier molecular flexibility index (Phi) is 7.34. The number of amides is 2. The summed E-state index contributed by atoms with van der Waals surface area (Å²) in [6.45, 7) is 0.528. The topological polar surface area (TPSA) is 134 Å². The van der Waals surface area contributed by atoms with Crippen molar-refractivity contribution in [3.05, 3.63) is 59.1 Å². The standard InChI is InChI=1S/C21H21ClN4O6S/c1-13(23-20-14-7-3-6-10-17(14)33(30,31)25-20)21(29)32-12-19(28)26(2)11-18(27)24-16-9-5-4-8-15(16)22/h3-10,13H,11-12H2,1-2H3,(H,23,25)(H,24,27). The third kappa shape index (κ3) is 5.88. The monoisotopic (exact) mass is 492 g/mol. The zero-order valence-corrected chi connectivity index (χ0v) is 19.3. The van der Waals surface area contributed by atoms with E-state index in [1.807, 2.05) is 0 Å². The molecule has 0 spiro atoms. The summed E-state index contributed by atoms with van der Waals surface area (Å²) >= 11 is 5.98. The number of carbonyl (C=O) groups excluding carboxylic acids is 3. The number of nitrogens with zero attached hydrogens (tertiary/aromatic N) is 2. The van der Waals surface area contributed by atoms with Gasteiger partial charge in [-0.3, -0.25) is 19.3 Å². The molecule has 1 heterocycles. The van der Waals surface area contributed by atoms with Crippen molar-refractivity contribution >= 4 is 50.9 Å². The number of anilines is 1. The molecule has 0 bridgehead atoms. The van der Waals surface area contributed by atoms with Crippen LogP contribution in [-0.2, 0) is 29.1 Å². The van der Waals surface area contributed by atoms with Crippen molar-refractivity contribution in [3.8, 4) is 0 Å². The van der Waals surface area contributed by atoms with Gasteiger partial charge in [0.25, 0.3) is 15.9 Å². The van der Waals surface area contributed by atoms with E-state index in [1.165, 1.54) is 20.0 Å². The smallest absolute Gasteiger partial charge is 0.331 e. The Labute approximate surface area is 195 Å². The van der Waals surface area contributed by atoms with Crippen molar-refractivity contribution in [3.63, 3.8) is 0 Å². The molecule has 33 heavy (non-hydrogen) atoms. The lowest BCUT2D eigenvalue weighted by atomic mass is 10.2. The molecule has 12 heteroatoms. The number of ether oxygens (including phenoxy) is 1. The predicted molar refractivity (Wildman–Crippen MR) is 121 cm³/mol. The van der Waals surface area contributed by atoms with Crippen LogP contribution in [0.1, 0.15) is 12.5 Å².